The second-order valence-electron chi connectivity index (χ2n) is 6.75. The Morgan fingerprint density at radius 3 is 2.08 bits per heavy atom. The van der Waals surface area contributed by atoms with Crippen molar-refractivity contribution in [1.82, 2.24) is 15.5 Å². The molecule has 0 aliphatic heterocycles. The molecule has 1 N–H and O–H groups in total. The van der Waals surface area contributed by atoms with E-state index in [0.29, 0.717) is 17.6 Å². The molecule has 0 fully saturated rings. The first-order valence-electron chi connectivity index (χ1n) is 8.79. The number of rotatable bonds is 6. The average Bonchev–Trinajstić information content (AvgIpc) is 3.13. The Kier molecular flexibility index (Phi) is 5.29. The molecule has 1 heterocycles. The lowest BCUT2D eigenvalue weighted by atomic mass is 9.99. The smallest absolute Gasteiger partial charge is 0.243 e. The van der Waals surface area contributed by atoms with Gasteiger partial charge in [0.15, 0.2) is 0 Å². The molecular weight excluding hydrogens is 310 g/mol. The lowest BCUT2D eigenvalue weighted by Gasteiger charge is -2.18. The topological polar surface area (TPSA) is 51.0 Å². The van der Waals surface area contributed by atoms with Crippen LogP contribution in [0.5, 0.6) is 0 Å². The van der Waals surface area contributed by atoms with Crippen LogP contribution >= 0.6 is 0 Å². The molecule has 3 rings (SSSR count). The van der Waals surface area contributed by atoms with E-state index >= 15 is 0 Å². The molecule has 2 atom stereocenters. The summed E-state index contributed by atoms with van der Waals surface area (Å²) in [6.45, 7) is 8.61. The molecule has 3 aromatic rings. The maximum atomic E-state index is 5.44. The fourth-order valence-electron chi connectivity index (χ4n) is 2.83. The lowest BCUT2D eigenvalue weighted by Crippen LogP contribution is -2.22. The molecular formula is C21H25N3O. The Morgan fingerprint density at radius 1 is 0.800 bits per heavy atom. The maximum Gasteiger partial charge on any atom is 0.243 e. The minimum Gasteiger partial charge on any atom is -0.337 e. The monoisotopic (exact) mass is 335 g/mol. The Morgan fingerprint density at radius 2 is 1.44 bits per heavy atom. The summed E-state index contributed by atoms with van der Waals surface area (Å²) in [7, 11) is 0. The molecule has 130 valence electrons. The van der Waals surface area contributed by atoms with Gasteiger partial charge in [0, 0.05) is 11.6 Å². The van der Waals surface area contributed by atoms with Gasteiger partial charge in [-0.25, -0.2) is 0 Å². The molecule has 0 amide bonds. The van der Waals surface area contributed by atoms with Crippen LogP contribution in [0.4, 0.5) is 0 Å². The van der Waals surface area contributed by atoms with E-state index in [-0.39, 0.29) is 12.1 Å². The van der Waals surface area contributed by atoms with Gasteiger partial charge >= 0.3 is 0 Å². The van der Waals surface area contributed by atoms with Gasteiger partial charge in [0.25, 0.3) is 0 Å². The molecule has 0 aliphatic rings. The fourth-order valence-corrected chi connectivity index (χ4v) is 2.83. The maximum absolute atomic E-state index is 5.44. The molecule has 25 heavy (non-hydrogen) atoms. The molecule has 0 bridgehead atoms. The molecule has 4 heteroatoms. The van der Waals surface area contributed by atoms with Crippen molar-refractivity contribution in [2.75, 3.05) is 0 Å². The van der Waals surface area contributed by atoms with Gasteiger partial charge in [-0.2, -0.15) is 4.98 Å². The first kappa shape index (κ1) is 17.4. The first-order valence-corrected chi connectivity index (χ1v) is 8.79. The standard InChI is InChI=1S/C21H25N3O/c1-14(2)17-10-12-18(13-11-17)15(3)22-16(4)21-23-20(24-25-21)19-8-6-5-7-9-19/h5-16,22H,1-4H3. The summed E-state index contributed by atoms with van der Waals surface area (Å²) in [5.74, 6) is 1.77. The minimum atomic E-state index is -0.0234. The van der Waals surface area contributed by atoms with E-state index in [1.54, 1.807) is 0 Å². The van der Waals surface area contributed by atoms with Crippen LogP contribution in [0.2, 0.25) is 0 Å². The molecule has 0 spiro atoms. The van der Waals surface area contributed by atoms with Crippen LogP contribution in [-0.2, 0) is 0 Å². The van der Waals surface area contributed by atoms with Crippen LogP contribution in [0.1, 0.15) is 62.7 Å². The minimum absolute atomic E-state index is 0.0234. The number of nitrogens with one attached hydrogen (secondary N) is 1. The SMILES string of the molecule is CC(C)c1ccc(C(C)NC(C)c2nc(-c3ccccc3)no2)cc1. The average molecular weight is 335 g/mol. The lowest BCUT2D eigenvalue weighted by molar-refractivity contribution is 0.328. The van der Waals surface area contributed by atoms with E-state index in [9.17, 15) is 0 Å². The summed E-state index contributed by atoms with van der Waals surface area (Å²) in [5, 5.41) is 7.62. The van der Waals surface area contributed by atoms with E-state index in [1.807, 2.05) is 37.3 Å². The van der Waals surface area contributed by atoms with Crippen molar-refractivity contribution in [3.8, 4) is 11.4 Å². The zero-order chi connectivity index (χ0) is 17.8. The first-order chi connectivity index (χ1) is 12.0. The number of aromatic nitrogens is 2. The van der Waals surface area contributed by atoms with Crippen molar-refractivity contribution in [3.63, 3.8) is 0 Å². The molecule has 0 saturated heterocycles. The summed E-state index contributed by atoms with van der Waals surface area (Å²) >= 11 is 0. The molecule has 0 saturated carbocycles. The second-order valence-corrected chi connectivity index (χ2v) is 6.75. The fraction of sp³-hybridized carbons (Fsp3) is 0.333. The van der Waals surface area contributed by atoms with E-state index in [4.69, 9.17) is 4.52 Å². The van der Waals surface area contributed by atoms with E-state index in [2.05, 4.69) is 60.5 Å². The van der Waals surface area contributed by atoms with Crippen molar-refractivity contribution in [3.05, 3.63) is 71.6 Å². The predicted octanol–water partition coefficient (Wildman–Crippen LogP) is 5.27. The third-order valence-corrected chi connectivity index (χ3v) is 4.45. The van der Waals surface area contributed by atoms with Crippen LogP contribution in [-0.4, -0.2) is 10.1 Å². The number of nitrogens with zero attached hydrogens (tertiary/aromatic N) is 2. The van der Waals surface area contributed by atoms with Gasteiger partial charge in [0.2, 0.25) is 11.7 Å². The summed E-state index contributed by atoms with van der Waals surface area (Å²) in [6, 6.07) is 18.8. The van der Waals surface area contributed by atoms with Gasteiger partial charge in [-0.05, 0) is 30.9 Å². The molecule has 1 aromatic heterocycles. The van der Waals surface area contributed by atoms with Gasteiger partial charge < -0.3 is 4.52 Å². The quantitative estimate of drug-likeness (QED) is 0.666. The highest BCUT2D eigenvalue weighted by Gasteiger charge is 2.18. The summed E-state index contributed by atoms with van der Waals surface area (Å²) in [5.41, 5.74) is 3.56. The Hall–Kier alpha value is -2.46. The van der Waals surface area contributed by atoms with Crippen molar-refractivity contribution < 1.29 is 4.52 Å². The molecule has 0 radical (unpaired) electrons. The third kappa shape index (κ3) is 4.15. The van der Waals surface area contributed by atoms with E-state index < -0.39 is 0 Å². The van der Waals surface area contributed by atoms with Crippen LogP contribution < -0.4 is 5.32 Å². The molecule has 2 aromatic carbocycles. The van der Waals surface area contributed by atoms with E-state index in [0.717, 1.165) is 5.56 Å². The Bertz CT molecular complexity index is 794. The van der Waals surface area contributed by atoms with Crippen molar-refractivity contribution >= 4 is 0 Å². The van der Waals surface area contributed by atoms with Gasteiger partial charge in [-0.15, -0.1) is 0 Å². The summed E-state index contributed by atoms with van der Waals surface area (Å²) < 4.78 is 5.44. The highest BCUT2D eigenvalue weighted by Crippen LogP contribution is 2.23. The molecule has 2 unspecified atom stereocenters. The van der Waals surface area contributed by atoms with Gasteiger partial charge in [-0.3, -0.25) is 5.32 Å². The predicted molar refractivity (Wildman–Crippen MR) is 100 cm³/mol. The van der Waals surface area contributed by atoms with Crippen molar-refractivity contribution in [1.29, 1.82) is 0 Å². The van der Waals surface area contributed by atoms with Gasteiger partial charge in [0.05, 0.1) is 6.04 Å². The van der Waals surface area contributed by atoms with Crippen LogP contribution in [0, 0.1) is 0 Å². The normalized spacial score (nSPS) is 13.8. The molecule has 0 aliphatic carbocycles. The Balaban J connectivity index is 1.67. The zero-order valence-corrected chi connectivity index (χ0v) is 15.2. The van der Waals surface area contributed by atoms with Crippen molar-refractivity contribution in [2.45, 2.75) is 45.7 Å². The zero-order valence-electron chi connectivity index (χ0n) is 15.2. The van der Waals surface area contributed by atoms with Crippen LogP contribution in [0.25, 0.3) is 11.4 Å². The third-order valence-electron chi connectivity index (χ3n) is 4.45. The van der Waals surface area contributed by atoms with Gasteiger partial charge in [0.1, 0.15) is 0 Å². The second kappa shape index (κ2) is 7.62. The molecule has 4 nitrogen and oxygen atoms in total. The highest BCUT2D eigenvalue weighted by molar-refractivity contribution is 5.53. The van der Waals surface area contributed by atoms with Crippen LogP contribution in [0.15, 0.2) is 59.1 Å². The number of hydrogen-bond donors (Lipinski definition) is 1. The van der Waals surface area contributed by atoms with E-state index in [1.165, 1.54) is 11.1 Å². The van der Waals surface area contributed by atoms with Gasteiger partial charge in [-0.1, -0.05) is 73.6 Å². The number of benzene rings is 2. The number of hydrogen-bond acceptors (Lipinski definition) is 4. The summed E-state index contributed by atoms with van der Waals surface area (Å²) in [6.07, 6.45) is 0. The highest BCUT2D eigenvalue weighted by atomic mass is 16.5. The Labute approximate surface area is 149 Å². The van der Waals surface area contributed by atoms with Crippen LogP contribution in [0.3, 0.4) is 0 Å². The summed E-state index contributed by atoms with van der Waals surface area (Å²) in [4.78, 5) is 4.52. The largest absolute Gasteiger partial charge is 0.337 e. The van der Waals surface area contributed by atoms with Crippen molar-refractivity contribution in [2.24, 2.45) is 0 Å².